The highest BCUT2D eigenvalue weighted by Gasteiger charge is 2.18. The third-order valence-electron chi connectivity index (χ3n) is 4.50. The highest BCUT2D eigenvalue weighted by molar-refractivity contribution is 5.91. The first-order chi connectivity index (χ1) is 14.8. The lowest BCUT2D eigenvalue weighted by atomic mass is 10.2. The Kier molecular flexibility index (Phi) is 5.15. The first-order valence-corrected chi connectivity index (χ1v) is 9.10. The number of para-hydroxylation sites is 1. The number of amides is 1. The van der Waals surface area contributed by atoms with E-state index in [0.29, 0.717) is 5.82 Å². The van der Waals surface area contributed by atoms with Gasteiger partial charge in [-0.25, -0.2) is 13.6 Å². The van der Waals surface area contributed by atoms with E-state index in [1.807, 2.05) is 0 Å². The number of aromatic nitrogens is 4. The molecule has 0 unspecified atom stereocenters. The van der Waals surface area contributed by atoms with Gasteiger partial charge in [-0.15, -0.1) is 0 Å². The van der Waals surface area contributed by atoms with Crippen LogP contribution in [-0.4, -0.2) is 25.2 Å². The number of hydrogen-bond acceptors (Lipinski definition) is 6. The van der Waals surface area contributed by atoms with Crippen LogP contribution in [0, 0.1) is 18.6 Å². The molecule has 4 rings (SSSR count). The van der Waals surface area contributed by atoms with Crippen molar-refractivity contribution in [3.05, 3.63) is 86.7 Å². The van der Waals surface area contributed by atoms with Crippen molar-refractivity contribution in [3.8, 4) is 0 Å². The molecule has 0 saturated carbocycles. The van der Waals surface area contributed by atoms with E-state index in [4.69, 9.17) is 4.52 Å². The fourth-order valence-corrected chi connectivity index (χ4v) is 3.13. The first-order valence-electron chi connectivity index (χ1n) is 9.10. The summed E-state index contributed by atoms with van der Waals surface area (Å²) in [5, 5.41) is 6.05. The van der Waals surface area contributed by atoms with E-state index < -0.39 is 35.3 Å². The van der Waals surface area contributed by atoms with Gasteiger partial charge in [-0.1, -0.05) is 17.3 Å². The number of fused-ring (bicyclic) bond motifs is 1. The van der Waals surface area contributed by atoms with Gasteiger partial charge in [0.25, 0.3) is 5.56 Å². The summed E-state index contributed by atoms with van der Waals surface area (Å²) >= 11 is 0. The summed E-state index contributed by atoms with van der Waals surface area (Å²) in [5.74, 6) is -1.97. The minimum absolute atomic E-state index is 0.0461. The monoisotopic (exact) mass is 427 g/mol. The Bertz CT molecular complexity index is 1420. The van der Waals surface area contributed by atoms with Crippen molar-refractivity contribution in [1.29, 1.82) is 0 Å². The predicted molar refractivity (Wildman–Crippen MR) is 106 cm³/mol. The van der Waals surface area contributed by atoms with Crippen LogP contribution in [0.5, 0.6) is 0 Å². The number of hydrogen-bond donors (Lipinski definition) is 1. The summed E-state index contributed by atoms with van der Waals surface area (Å²) < 4.78 is 34.1. The highest BCUT2D eigenvalue weighted by Crippen LogP contribution is 2.15. The Balaban J connectivity index is 1.76. The summed E-state index contributed by atoms with van der Waals surface area (Å²) in [6, 6.07) is 8.85. The lowest BCUT2D eigenvalue weighted by molar-refractivity contribution is -0.116. The number of carbonyl (C=O) groups is 1. The SMILES string of the molecule is Cc1noc(Cn2c(=O)c3ccccc3n(CC(=O)Nc3cc(F)ccc3F)c2=O)n1. The second kappa shape index (κ2) is 7.94. The number of benzene rings is 2. The highest BCUT2D eigenvalue weighted by atomic mass is 19.1. The maximum absolute atomic E-state index is 13.8. The third kappa shape index (κ3) is 3.97. The number of anilines is 1. The fourth-order valence-electron chi connectivity index (χ4n) is 3.13. The van der Waals surface area contributed by atoms with Gasteiger partial charge in [-0.05, 0) is 31.2 Å². The molecule has 0 radical (unpaired) electrons. The maximum Gasteiger partial charge on any atom is 0.332 e. The first kappa shape index (κ1) is 20.1. The molecule has 0 atom stereocenters. The molecule has 1 N–H and O–H groups in total. The quantitative estimate of drug-likeness (QED) is 0.520. The van der Waals surface area contributed by atoms with Crippen molar-refractivity contribution in [1.82, 2.24) is 19.3 Å². The Morgan fingerprint density at radius 1 is 1.13 bits per heavy atom. The molecule has 0 bridgehead atoms. The van der Waals surface area contributed by atoms with E-state index in [9.17, 15) is 23.2 Å². The van der Waals surface area contributed by atoms with Gasteiger partial charge < -0.3 is 9.84 Å². The van der Waals surface area contributed by atoms with Gasteiger partial charge >= 0.3 is 5.69 Å². The zero-order chi connectivity index (χ0) is 22.1. The molecule has 11 heteroatoms. The van der Waals surface area contributed by atoms with Crippen molar-refractivity contribution in [2.24, 2.45) is 0 Å². The number of nitrogens with one attached hydrogen (secondary N) is 1. The van der Waals surface area contributed by atoms with Crippen molar-refractivity contribution >= 4 is 22.5 Å². The molecule has 4 aromatic rings. The molecule has 0 aliphatic rings. The van der Waals surface area contributed by atoms with Gasteiger partial charge in [0, 0.05) is 6.07 Å². The van der Waals surface area contributed by atoms with Crippen LogP contribution in [0.25, 0.3) is 10.9 Å². The Hall–Kier alpha value is -4.15. The standard InChI is InChI=1S/C20H15F2N5O4/c1-11-23-18(31-25-11)10-27-19(29)13-4-2-3-5-16(13)26(20(27)30)9-17(28)24-15-8-12(21)6-7-14(15)22/h2-8H,9-10H2,1H3,(H,24,28). The lowest BCUT2D eigenvalue weighted by Crippen LogP contribution is -2.42. The molecule has 2 aromatic carbocycles. The number of nitrogens with zero attached hydrogens (tertiary/aromatic N) is 4. The molecule has 1 amide bonds. The summed E-state index contributed by atoms with van der Waals surface area (Å²) in [4.78, 5) is 42.4. The van der Waals surface area contributed by atoms with Gasteiger partial charge in [-0.2, -0.15) is 4.98 Å². The van der Waals surface area contributed by atoms with E-state index in [0.717, 1.165) is 27.3 Å². The van der Waals surface area contributed by atoms with Crippen LogP contribution in [-0.2, 0) is 17.9 Å². The van der Waals surface area contributed by atoms with E-state index in [-0.39, 0.29) is 29.0 Å². The van der Waals surface area contributed by atoms with Crippen LogP contribution in [0.3, 0.4) is 0 Å². The molecular weight excluding hydrogens is 412 g/mol. The average molecular weight is 427 g/mol. The van der Waals surface area contributed by atoms with Gasteiger partial charge in [0.1, 0.15) is 24.7 Å². The molecule has 9 nitrogen and oxygen atoms in total. The Morgan fingerprint density at radius 2 is 1.90 bits per heavy atom. The Morgan fingerprint density at radius 3 is 2.65 bits per heavy atom. The fraction of sp³-hybridized carbons (Fsp3) is 0.150. The van der Waals surface area contributed by atoms with Gasteiger partial charge in [0.05, 0.1) is 16.6 Å². The van der Waals surface area contributed by atoms with Crippen LogP contribution >= 0.6 is 0 Å². The summed E-state index contributed by atoms with van der Waals surface area (Å²) in [7, 11) is 0. The van der Waals surface area contributed by atoms with E-state index >= 15 is 0 Å². The van der Waals surface area contributed by atoms with Crippen LogP contribution < -0.4 is 16.6 Å². The molecule has 0 aliphatic heterocycles. The molecule has 0 aliphatic carbocycles. The summed E-state index contributed by atoms with van der Waals surface area (Å²) in [6.45, 7) is 0.756. The Labute approximate surface area is 172 Å². The maximum atomic E-state index is 13.8. The van der Waals surface area contributed by atoms with Crippen LogP contribution in [0.4, 0.5) is 14.5 Å². The average Bonchev–Trinajstić information content (AvgIpc) is 3.16. The molecule has 0 fully saturated rings. The lowest BCUT2D eigenvalue weighted by Gasteiger charge is -2.13. The minimum Gasteiger partial charge on any atom is -0.337 e. The summed E-state index contributed by atoms with van der Waals surface area (Å²) in [6.07, 6.45) is 0. The third-order valence-corrected chi connectivity index (χ3v) is 4.50. The molecule has 0 saturated heterocycles. The van der Waals surface area contributed by atoms with Crippen molar-refractivity contribution in [3.63, 3.8) is 0 Å². The minimum atomic E-state index is -0.830. The second-order valence-corrected chi connectivity index (χ2v) is 6.68. The number of rotatable bonds is 5. The predicted octanol–water partition coefficient (Wildman–Crippen LogP) is 1.82. The van der Waals surface area contributed by atoms with Crippen molar-refractivity contribution in [2.75, 3.05) is 5.32 Å². The van der Waals surface area contributed by atoms with Crippen LogP contribution in [0.15, 0.2) is 56.6 Å². The van der Waals surface area contributed by atoms with E-state index in [2.05, 4.69) is 15.5 Å². The zero-order valence-corrected chi connectivity index (χ0v) is 16.1. The van der Waals surface area contributed by atoms with Gasteiger partial charge in [0.15, 0.2) is 5.82 Å². The van der Waals surface area contributed by atoms with Crippen LogP contribution in [0.1, 0.15) is 11.7 Å². The van der Waals surface area contributed by atoms with Gasteiger partial charge in [0.2, 0.25) is 11.8 Å². The van der Waals surface area contributed by atoms with Crippen LogP contribution in [0.2, 0.25) is 0 Å². The van der Waals surface area contributed by atoms with Crippen molar-refractivity contribution in [2.45, 2.75) is 20.0 Å². The summed E-state index contributed by atoms with van der Waals surface area (Å²) in [5.41, 5.74) is -1.54. The zero-order valence-electron chi connectivity index (χ0n) is 16.1. The number of halogens is 2. The molecule has 0 spiro atoms. The number of aryl methyl sites for hydroxylation is 1. The van der Waals surface area contributed by atoms with Crippen molar-refractivity contribution < 1.29 is 18.1 Å². The molecule has 2 aromatic heterocycles. The molecular formula is C20H15F2N5O4. The number of carbonyl (C=O) groups excluding carboxylic acids is 1. The molecule has 31 heavy (non-hydrogen) atoms. The van der Waals surface area contributed by atoms with E-state index in [1.165, 1.54) is 12.1 Å². The largest absolute Gasteiger partial charge is 0.337 e. The van der Waals surface area contributed by atoms with E-state index in [1.54, 1.807) is 19.1 Å². The molecule has 158 valence electrons. The normalized spacial score (nSPS) is 11.1. The molecule has 2 heterocycles. The second-order valence-electron chi connectivity index (χ2n) is 6.68. The van der Waals surface area contributed by atoms with Gasteiger partial charge in [-0.3, -0.25) is 18.7 Å². The topological polar surface area (TPSA) is 112 Å². The smallest absolute Gasteiger partial charge is 0.332 e.